The summed E-state index contributed by atoms with van der Waals surface area (Å²) in [5.41, 5.74) is -1.76. The number of piperidine rings is 1. The lowest BCUT2D eigenvalue weighted by Gasteiger charge is -2.45. The molecule has 2 fully saturated rings. The summed E-state index contributed by atoms with van der Waals surface area (Å²) in [5, 5.41) is 6.22. The Hall–Kier alpha value is -3.24. The van der Waals surface area contributed by atoms with Gasteiger partial charge in [-0.3, -0.25) is 9.69 Å². The quantitative estimate of drug-likeness (QED) is 0.292. The van der Waals surface area contributed by atoms with E-state index in [0.29, 0.717) is 12.8 Å². The van der Waals surface area contributed by atoms with Gasteiger partial charge in [-0.05, 0) is 48.6 Å². The van der Waals surface area contributed by atoms with E-state index >= 15 is 0 Å². The Kier molecular flexibility index (Phi) is 7.43. The van der Waals surface area contributed by atoms with E-state index in [1.54, 1.807) is 6.92 Å². The van der Waals surface area contributed by atoms with Gasteiger partial charge in [0.25, 0.3) is 5.91 Å². The van der Waals surface area contributed by atoms with Crippen LogP contribution in [0.2, 0.25) is 0 Å². The fraction of sp³-hybridized carbons (Fsp3) is 0.407. The highest BCUT2D eigenvalue weighted by Gasteiger charge is 2.55. The van der Waals surface area contributed by atoms with Crippen LogP contribution in [0, 0.1) is 0 Å². The predicted octanol–water partition coefficient (Wildman–Crippen LogP) is 5.01. The third-order valence-corrected chi connectivity index (χ3v) is 7.14. The maximum Gasteiger partial charge on any atom is 0.416 e. The number of ether oxygens (including phenoxy) is 1. The van der Waals surface area contributed by atoms with Crippen LogP contribution in [0.25, 0.3) is 0 Å². The van der Waals surface area contributed by atoms with Gasteiger partial charge < -0.3 is 15.4 Å². The van der Waals surface area contributed by atoms with Crippen molar-refractivity contribution in [1.29, 1.82) is 0 Å². The fourth-order valence-electron chi connectivity index (χ4n) is 4.95. The molecular formula is C27H29F4N3O3. The molecule has 2 aliphatic rings. The first-order valence-electron chi connectivity index (χ1n) is 12.0. The van der Waals surface area contributed by atoms with Crippen molar-refractivity contribution in [3.63, 3.8) is 0 Å². The summed E-state index contributed by atoms with van der Waals surface area (Å²) in [7, 11) is 0. The number of imide groups is 1. The van der Waals surface area contributed by atoms with Crippen molar-refractivity contribution < 1.29 is 31.9 Å². The first-order valence-corrected chi connectivity index (χ1v) is 12.0. The average Bonchev–Trinajstić information content (AvgIpc) is 3.12. The first-order chi connectivity index (χ1) is 17.5. The van der Waals surface area contributed by atoms with Crippen LogP contribution in [0.1, 0.15) is 48.1 Å². The lowest BCUT2D eigenvalue weighted by atomic mass is 9.76. The Morgan fingerprint density at radius 1 is 1.16 bits per heavy atom. The molecule has 0 aromatic heterocycles. The lowest BCUT2D eigenvalue weighted by molar-refractivity contribution is -0.138. The third kappa shape index (κ3) is 5.26. The molecule has 2 aromatic carbocycles. The minimum absolute atomic E-state index is 0.0738. The molecular weight excluding hydrogens is 490 g/mol. The monoisotopic (exact) mass is 519 g/mol. The molecule has 37 heavy (non-hydrogen) atoms. The molecule has 198 valence electrons. The van der Waals surface area contributed by atoms with Crippen molar-refractivity contribution in [1.82, 2.24) is 15.5 Å². The Morgan fingerprint density at radius 2 is 1.89 bits per heavy atom. The van der Waals surface area contributed by atoms with E-state index in [2.05, 4.69) is 17.2 Å². The van der Waals surface area contributed by atoms with Crippen molar-refractivity contribution in [3.05, 3.63) is 83.4 Å². The largest absolute Gasteiger partial charge is 0.416 e. The summed E-state index contributed by atoms with van der Waals surface area (Å²) < 4.78 is 59.4. The van der Waals surface area contributed by atoms with Crippen LogP contribution in [0.5, 0.6) is 0 Å². The second-order valence-corrected chi connectivity index (χ2v) is 9.57. The van der Waals surface area contributed by atoms with E-state index < -0.39 is 41.6 Å². The van der Waals surface area contributed by atoms with E-state index in [1.807, 2.05) is 30.3 Å². The summed E-state index contributed by atoms with van der Waals surface area (Å²) in [6, 6.07) is 12.1. The van der Waals surface area contributed by atoms with E-state index in [4.69, 9.17) is 4.74 Å². The Morgan fingerprint density at radius 3 is 2.49 bits per heavy atom. The number of urea groups is 1. The Balaban J connectivity index is 1.56. The number of halogens is 4. The molecule has 2 saturated heterocycles. The highest BCUT2D eigenvalue weighted by Crippen LogP contribution is 2.39. The maximum absolute atomic E-state index is 13.3. The molecule has 6 nitrogen and oxygen atoms in total. The molecule has 0 radical (unpaired) electrons. The lowest BCUT2D eigenvalue weighted by Crippen LogP contribution is -2.64. The Bertz CT molecular complexity index is 1160. The molecule has 0 aliphatic carbocycles. The SMILES string of the molecule is C=CCN1C(=O)N[C@@]2(CC[C@@](CO[C@H](C)c3cc(CF)cc(C(F)(F)F)c3)(c3ccccc3)NC2)C1=O. The minimum Gasteiger partial charge on any atom is -0.372 e. The number of hydrogen-bond donors (Lipinski definition) is 2. The van der Waals surface area contributed by atoms with Crippen molar-refractivity contribution in [2.45, 2.75) is 49.8 Å². The zero-order valence-electron chi connectivity index (χ0n) is 20.4. The number of rotatable bonds is 8. The van der Waals surface area contributed by atoms with Gasteiger partial charge in [0.15, 0.2) is 0 Å². The molecule has 10 heteroatoms. The van der Waals surface area contributed by atoms with E-state index in [0.717, 1.165) is 22.6 Å². The average molecular weight is 520 g/mol. The maximum atomic E-state index is 13.3. The van der Waals surface area contributed by atoms with Crippen LogP contribution in [-0.2, 0) is 27.9 Å². The number of alkyl halides is 4. The molecule has 3 amide bonds. The summed E-state index contributed by atoms with van der Waals surface area (Å²) in [4.78, 5) is 26.6. The summed E-state index contributed by atoms with van der Waals surface area (Å²) >= 11 is 0. The molecule has 1 spiro atoms. The van der Waals surface area contributed by atoms with Gasteiger partial charge in [-0.1, -0.05) is 42.5 Å². The van der Waals surface area contributed by atoms with Crippen molar-refractivity contribution in [2.24, 2.45) is 0 Å². The highest BCUT2D eigenvalue weighted by molar-refractivity contribution is 6.07. The van der Waals surface area contributed by atoms with Crippen molar-refractivity contribution >= 4 is 11.9 Å². The van der Waals surface area contributed by atoms with E-state index in [9.17, 15) is 27.2 Å². The molecule has 2 aliphatic heterocycles. The number of carbonyl (C=O) groups is 2. The fourth-order valence-corrected chi connectivity index (χ4v) is 4.95. The van der Waals surface area contributed by atoms with Crippen molar-refractivity contribution in [3.8, 4) is 0 Å². The first kappa shape index (κ1) is 26.8. The van der Waals surface area contributed by atoms with Gasteiger partial charge >= 0.3 is 12.2 Å². The van der Waals surface area contributed by atoms with Gasteiger partial charge in [-0.25, -0.2) is 9.18 Å². The molecule has 2 heterocycles. The van der Waals surface area contributed by atoms with Gasteiger partial charge in [0.05, 0.1) is 23.8 Å². The molecule has 2 N–H and O–H groups in total. The molecule has 0 saturated carbocycles. The summed E-state index contributed by atoms with van der Waals surface area (Å²) in [6.45, 7) is 4.52. The van der Waals surface area contributed by atoms with Crippen molar-refractivity contribution in [2.75, 3.05) is 19.7 Å². The zero-order chi connectivity index (χ0) is 26.8. The summed E-state index contributed by atoms with van der Waals surface area (Å²) in [5.74, 6) is -0.330. The standard InChI is InChI=1S/C27H29F4N3O3/c1-3-11-34-23(35)25(33-24(34)36)9-10-26(32-16-25,21-7-5-4-6-8-21)17-37-18(2)20-12-19(15-28)13-22(14-20)27(29,30)31/h3-8,12-14,18,32H,1,9-11,15-17H2,2H3,(H,33,36)/t18-,25-,26-/m1/s1. The molecule has 4 rings (SSSR count). The van der Waals surface area contributed by atoms with Crippen LogP contribution < -0.4 is 10.6 Å². The number of amides is 3. The van der Waals surface area contributed by atoms with E-state index in [1.165, 1.54) is 12.1 Å². The number of hydrogen-bond acceptors (Lipinski definition) is 4. The summed E-state index contributed by atoms with van der Waals surface area (Å²) in [6.07, 6.45) is -3.14. The van der Waals surface area contributed by atoms with Gasteiger partial charge in [0, 0.05) is 13.1 Å². The topological polar surface area (TPSA) is 70.7 Å². The van der Waals surface area contributed by atoms with E-state index in [-0.39, 0.29) is 36.7 Å². The minimum atomic E-state index is -4.61. The number of nitrogens with zero attached hydrogens (tertiary/aromatic N) is 1. The highest BCUT2D eigenvalue weighted by atomic mass is 19.4. The van der Waals surface area contributed by atoms with Crippen LogP contribution in [-0.4, -0.2) is 42.1 Å². The number of benzene rings is 2. The second-order valence-electron chi connectivity index (χ2n) is 9.57. The van der Waals surface area contributed by atoms with Gasteiger partial charge in [0.2, 0.25) is 0 Å². The molecule has 3 atom stereocenters. The van der Waals surface area contributed by atoms with Crippen LogP contribution >= 0.6 is 0 Å². The zero-order valence-corrected chi connectivity index (χ0v) is 20.4. The molecule has 2 aromatic rings. The molecule has 0 bridgehead atoms. The molecule has 0 unspecified atom stereocenters. The van der Waals surface area contributed by atoms with Crippen LogP contribution in [0.4, 0.5) is 22.4 Å². The smallest absolute Gasteiger partial charge is 0.372 e. The third-order valence-electron chi connectivity index (χ3n) is 7.14. The Labute approximate surface area is 212 Å². The number of nitrogens with one attached hydrogen (secondary N) is 2. The van der Waals surface area contributed by atoms with Crippen LogP contribution in [0.3, 0.4) is 0 Å². The van der Waals surface area contributed by atoms with Gasteiger partial charge in [-0.2, -0.15) is 13.2 Å². The van der Waals surface area contributed by atoms with Gasteiger partial charge in [0.1, 0.15) is 12.2 Å². The van der Waals surface area contributed by atoms with Gasteiger partial charge in [-0.15, -0.1) is 6.58 Å². The predicted molar refractivity (Wildman–Crippen MR) is 129 cm³/mol. The normalized spacial score (nSPS) is 24.8. The number of carbonyl (C=O) groups excluding carboxylic acids is 2. The second kappa shape index (κ2) is 10.3. The van der Waals surface area contributed by atoms with Crippen LogP contribution in [0.15, 0.2) is 61.2 Å².